The van der Waals surface area contributed by atoms with E-state index in [4.69, 9.17) is 10.5 Å². The summed E-state index contributed by atoms with van der Waals surface area (Å²) in [6.07, 6.45) is 1.06. The fraction of sp³-hybridized carbons (Fsp3) is 0.471. The number of ether oxygens (including phenoxy) is 1. The Kier molecular flexibility index (Phi) is 5.50. The second-order valence-electron chi connectivity index (χ2n) is 5.82. The zero-order valence-corrected chi connectivity index (χ0v) is 13.4. The first-order valence-corrected chi connectivity index (χ1v) is 8.22. The fourth-order valence-electron chi connectivity index (χ4n) is 2.79. The normalized spacial score (nSPS) is 16.8. The van der Waals surface area contributed by atoms with Crippen LogP contribution in [0.5, 0.6) is 0 Å². The van der Waals surface area contributed by atoms with Crippen molar-refractivity contribution in [2.75, 3.05) is 39.4 Å². The lowest BCUT2D eigenvalue weighted by Gasteiger charge is -2.26. The van der Waals surface area contributed by atoms with Crippen molar-refractivity contribution in [2.45, 2.75) is 13.0 Å². The topological polar surface area (TPSA) is 78.7 Å². The number of nitrogens with two attached hydrogens (primary N) is 1. The molecule has 1 aliphatic rings. The summed E-state index contributed by atoms with van der Waals surface area (Å²) >= 11 is 0. The third-order valence-corrected chi connectivity index (χ3v) is 4.07. The Labute approximate surface area is 136 Å². The zero-order chi connectivity index (χ0) is 15.9. The number of guanidine groups is 1. The van der Waals surface area contributed by atoms with Gasteiger partial charge in [0.25, 0.3) is 0 Å². The minimum atomic E-state index is 0.505. The van der Waals surface area contributed by atoms with Gasteiger partial charge in [0.1, 0.15) is 0 Å². The van der Waals surface area contributed by atoms with Gasteiger partial charge in [-0.2, -0.15) is 0 Å². The van der Waals surface area contributed by atoms with Gasteiger partial charge in [0.05, 0.1) is 19.8 Å². The van der Waals surface area contributed by atoms with Crippen LogP contribution < -0.4 is 11.1 Å². The molecular weight excluding hydrogens is 290 g/mol. The van der Waals surface area contributed by atoms with Crippen LogP contribution in [0.25, 0.3) is 10.9 Å². The van der Waals surface area contributed by atoms with E-state index in [1.54, 1.807) is 0 Å². The largest absolute Gasteiger partial charge is 0.379 e. The van der Waals surface area contributed by atoms with Gasteiger partial charge < -0.3 is 20.8 Å². The Morgan fingerprint density at radius 1 is 1.30 bits per heavy atom. The number of fused-ring (bicyclic) bond motifs is 1. The Morgan fingerprint density at radius 3 is 2.96 bits per heavy atom. The molecule has 0 atom stereocenters. The highest BCUT2D eigenvalue weighted by atomic mass is 16.5. The molecule has 0 amide bonds. The third-order valence-electron chi connectivity index (χ3n) is 4.07. The van der Waals surface area contributed by atoms with Crippen molar-refractivity contribution in [2.24, 2.45) is 10.7 Å². The third kappa shape index (κ3) is 4.71. The summed E-state index contributed by atoms with van der Waals surface area (Å²) in [4.78, 5) is 10.2. The van der Waals surface area contributed by atoms with E-state index in [-0.39, 0.29) is 0 Å². The first kappa shape index (κ1) is 15.8. The molecule has 0 unspecified atom stereocenters. The SMILES string of the molecule is NC(=NCc1cc2ccccc2[nH]1)NCCCN1CCOCC1. The van der Waals surface area contributed by atoms with Crippen LogP contribution in [0, 0.1) is 0 Å². The van der Waals surface area contributed by atoms with Crippen LogP contribution in [0.2, 0.25) is 0 Å². The van der Waals surface area contributed by atoms with Crippen LogP contribution in [0.3, 0.4) is 0 Å². The van der Waals surface area contributed by atoms with Crippen LogP contribution in [0.1, 0.15) is 12.1 Å². The molecule has 1 aromatic carbocycles. The fourth-order valence-corrected chi connectivity index (χ4v) is 2.79. The molecule has 2 aromatic rings. The highest BCUT2D eigenvalue weighted by Crippen LogP contribution is 2.14. The molecular formula is C17H25N5O. The van der Waals surface area contributed by atoms with Crippen molar-refractivity contribution in [1.82, 2.24) is 15.2 Å². The number of aromatic amines is 1. The van der Waals surface area contributed by atoms with E-state index in [1.165, 1.54) is 5.39 Å². The number of hydrogen-bond acceptors (Lipinski definition) is 3. The van der Waals surface area contributed by atoms with Gasteiger partial charge in [-0.05, 0) is 30.5 Å². The predicted molar refractivity (Wildman–Crippen MR) is 93.5 cm³/mol. The van der Waals surface area contributed by atoms with E-state index < -0.39 is 0 Å². The van der Waals surface area contributed by atoms with Crippen molar-refractivity contribution >= 4 is 16.9 Å². The van der Waals surface area contributed by atoms with Crippen molar-refractivity contribution in [3.8, 4) is 0 Å². The lowest BCUT2D eigenvalue weighted by molar-refractivity contribution is 0.0376. The number of H-pyrrole nitrogens is 1. The van der Waals surface area contributed by atoms with Crippen LogP contribution in [0.15, 0.2) is 35.3 Å². The Hall–Kier alpha value is -2.05. The number of benzene rings is 1. The standard InChI is InChI=1S/C17H25N5O/c18-17(19-6-3-7-22-8-10-23-11-9-22)20-13-15-12-14-4-1-2-5-16(14)21-15/h1-2,4-5,12,21H,3,6-11,13H2,(H3,18,19,20). The molecule has 1 fully saturated rings. The number of para-hydroxylation sites is 1. The van der Waals surface area contributed by atoms with Crippen molar-refractivity contribution in [3.63, 3.8) is 0 Å². The molecule has 4 N–H and O–H groups in total. The van der Waals surface area contributed by atoms with Crippen LogP contribution in [-0.2, 0) is 11.3 Å². The highest BCUT2D eigenvalue weighted by Gasteiger charge is 2.09. The van der Waals surface area contributed by atoms with Crippen molar-refractivity contribution < 1.29 is 4.74 Å². The van der Waals surface area contributed by atoms with E-state index in [0.717, 1.165) is 57.0 Å². The van der Waals surface area contributed by atoms with E-state index in [2.05, 4.69) is 38.4 Å². The molecule has 0 spiro atoms. The molecule has 0 aliphatic carbocycles. The average Bonchev–Trinajstić information content (AvgIpc) is 3.01. The summed E-state index contributed by atoms with van der Waals surface area (Å²) in [6, 6.07) is 10.3. The predicted octanol–water partition coefficient (Wildman–Crippen LogP) is 1.29. The number of aliphatic imine (C=N–C) groups is 1. The molecule has 2 heterocycles. The van der Waals surface area contributed by atoms with Crippen LogP contribution >= 0.6 is 0 Å². The molecule has 1 aliphatic heterocycles. The second kappa shape index (κ2) is 7.99. The molecule has 0 bridgehead atoms. The number of rotatable bonds is 6. The van der Waals surface area contributed by atoms with Crippen molar-refractivity contribution in [1.29, 1.82) is 0 Å². The van der Waals surface area contributed by atoms with Gasteiger partial charge in [-0.3, -0.25) is 4.90 Å². The number of aromatic nitrogens is 1. The molecule has 6 nitrogen and oxygen atoms in total. The van der Waals surface area contributed by atoms with Gasteiger partial charge in [-0.15, -0.1) is 0 Å². The van der Waals surface area contributed by atoms with Gasteiger partial charge in [0.15, 0.2) is 5.96 Å². The summed E-state index contributed by atoms with van der Waals surface area (Å²) in [6.45, 7) is 6.25. The maximum Gasteiger partial charge on any atom is 0.188 e. The van der Waals surface area contributed by atoms with E-state index in [9.17, 15) is 0 Å². The molecule has 23 heavy (non-hydrogen) atoms. The molecule has 3 rings (SSSR count). The quantitative estimate of drug-likeness (QED) is 0.426. The lowest BCUT2D eigenvalue weighted by Crippen LogP contribution is -2.39. The van der Waals surface area contributed by atoms with Gasteiger partial charge in [-0.1, -0.05) is 18.2 Å². The monoisotopic (exact) mass is 315 g/mol. The molecule has 124 valence electrons. The molecule has 0 saturated carbocycles. The number of nitrogens with one attached hydrogen (secondary N) is 2. The van der Waals surface area contributed by atoms with Gasteiger partial charge in [-0.25, -0.2) is 4.99 Å². The number of hydrogen-bond donors (Lipinski definition) is 3. The van der Waals surface area contributed by atoms with Gasteiger partial charge in [0, 0.05) is 30.8 Å². The zero-order valence-electron chi connectivity index (χ0n) is 13.4. The first-order valence-electron chi connectivity index (χ1n) is 8.22. The Morgan fingerprint density at radius 2 is 2.13 bits per heavy atom. The summed E-state index contributed by atoms with van der Waals surface area (Å²) in [5.41, 5.74) is 8.13. The minimum Gasteiger partial charge on any atom is -0.379 e. The average molecular weight is 315 g/mol. The Bertz CT molecular complexity index is 612. The molecule has 0 radical (unpaired) electrons. The van der Waals surface area contributed by atoms with Crippen LogP contribution in [-0.4, -0.2) is 55.2 Å². The maximum atomic E-state index is 5.93. The summed E-state index contributed by atoms with van der Waals surface area (Å²) in [5, 5.41) is 4.39. The highest BCUT2D eigenvalue weighted by molar-refractivity contribution is 5.80. The van der Waals surface area contributed by atoms with E-state index in [0.29, 0.717) is 12.5 Å². The molecule has 1 aromatic heterocycles. The second-order valence-corrected chi connectivity index (χ2v) is 5.82. The van der Waals surface area contributed by atoms with Crippen LogP contribution in [0.4, 0.5) is 0 Å². The molecule has 6 heteroatoms. The summed E-state index contributed by atoms with van der Waals surface area (Å²) in [7, 11) is 0. The maximum absolute atomic E-state index is 5.93. The number of morpholine rings is 1. The van der Waals surface area contributed by atoms with E-state index in [1.807, 2.05) is 12.1 Å². The number of nitrogens with zero attached hydrogens (tertiary/aromatic N) is 2. The summed E-state index contributed by atoms with van der Waals surface area (Å²) in [5.74, 6) is 0.505. The van der Waals surface area contributed by atoms with E-state index >= 15 is 0 Å². The van der Waals surface area contributed by atoms with Crippen molar-refractivity contribution in [3.05, 3.63) is 36.0 Å². The van der Waals surface area contributed by atoms with Gasteiger partial charge >= 0.3 is 0 Å². The first-order chi connectivity index (χ1) is 11.3. The molecule has 1 saturated heterocycles. The minimum absolute atomic E-state index is 0.505. The lowest BCUT2D eigenvalue weighted by atomic mass is 10.2. The summed E-state index contributed by atoms with van der Waals surface area (Å²) < 4.78 is 5.34. The Balaban J connectivity index is 1.39. The van der Waals surface area contributed by atoms with Gasteiger partial charge in [0.2, 0.25) is 0 Å². The smallest absolute Gasteiger partial charge is 0.188 e.